The molecule has 0 spiro atoms. The van der Waals surface area contributed by atoms with Gasteiger partial charge in [-0.25, -0.2) is 4.79 Å². The van der Waals surface area contributed by atoms with Crippen molar-refractivity contribution in [1.82, 2.24) is 15.0 Å². The Balaban J connectivity index is 1.83. The second kappa shape index (κ2) is 6.11. The molecule has 0 bridgehead atoms. The minimum Gasteiger partial charge on any atom is -0.480 e. The number of carbonyl (C=O) groups is 2. The third-order valence-corrected chi connectivity index (χ3v) is 4.41. The first-order chi connectivity index (χ1) is 12.1. The van der Waals surface area contributed by atoms with Crippen LogP contribution < -0.4 is 0 Å². The fourth-order valence-electron chi connectivity index (χ4n) is 2.88. The molecule has 1 aromatic carbocycles. The third-order valence-electron chi connectivity index (χ3n) is 4.41. The summed E-state index contributed by atoms with van der Waals surface area (Å²) in [7, 11) is 0. The van der Waals surface area contributed by atoms with Crippen molar-refractivity contribution in [1.29, 1.82) is 0 Å². The van der Waals surface area contributed by atoms with E-state index in [4.69, 9.17) is 0 Å². The number of aliphatic carboxylic acids is 1. The van der Waals surface area contributed by atoms with Gasteiger partial charge in [-0.05, 0) is 31.9 Å². The van der Waals surface area contributed by atoms with E-state index in [1.165, 1.54) is 36.1 Å². The first kappa shape index (κ1) is 17.9. The normalized spacial score (nSPS) is 20.4. The molecule has 2 aromatic rings. The number of aromatic nitrogens is 2. The molecule has 1 N–H and O–H groups in total. The molecular formula is C16H14F3N3O4. The number of likely N-dealkylation sites (tertiary alicyclic amines) is 1. The summed E-state index contributed by atoms with van der Waals surface area (Å²) in [6.07, 6.45) is -3.80. The topological polar surface area (TPSA) is 96.5 Å². The van der Waals surface area contributed by atoms with Gasteiger partial charge in [-0.3, -0.25) is 4.79 Å². The van der Waals surface area contributed by atoms with Crippen LogP contribution in [0.5, 0.6) is 0 Å². The zero-order valence-electron chi connectivity index (χ0n) is 13.6. The minimum atomic E-state index is -4.74. The number of hydrogen-bond donors (Lipinski definition) is 1. The smallest absolute Gasteiger partial charge is 0.471 e. The quantitative estimate of drug-likeness (QED) is 0.894. The van der Waals surface area contributed by atoms with Crippen LogP contribution in [-0.2, 0) is 11.0 Å². The number of hydrogen-bond acceptors (Lipinski definition) is 5. The zero-order valence-corrected chi connectivity index (χ0v) is 13.6. The van der Waals surface area contributed by atoms with Crippen LogP contribution in [-0.4, -0.2) is 44.1 Å². The molecule has 1 aromatic heterocycles. The molecule has 0 saturated carbocycles. The molecule has 3 rings (SSSR count). The van der Waals surface area contributed by atoms with E-state index in [0.29, 0.717) is 19.4 Å². The number of carbonyl (C=O) groups excluding carboxylic acids is 1. The Morgan fingerprint density at radius 2 is 1.92 bits per heavy atom. The van der Waals surface area contributed by atoms with Gasteiger partial charge >= 0.3 is 18.0 Å². The summed E-state index contributed by atoms with van der Waals surface area (Å²) in [5, 5.41) is 12.7. The predicted octanol–water partition coefficient (Wildman–Crippen LogP) is 2.83. The average molecular weight is 369 g/mol. The summed E-state index contributed by atoms with van der Waals surface area (Å²) < 4.78 is 41.7. The zero-order chi connectivity index (χ0) is 19.1. The Bertz CT molecular complexity index is 847. The van der Waals surface area contributed by atoms with Crippen LogP contribution in [0, 0.1) is 0 Å². The van der Waals surface area contributed by atoms with Crippen molar-refractivity contribution in [3.8, 4) is 11.4 Å². The fourth-order valence-corrected chi connectivity index (χ4v) is 2.88. The van der Waals surface area contributed by atoms with Crippen molar-refractivity contribution < 1.29 is 32.4 Å². The molecule has 26 heavy (non-hydrogen) atoms. The second-order valence-corrected chi connectivity index (χ2v) is 6.14. The minimum absolute atomic E-state index is 0.225. The SMILES string of the molecule is CC1(C(=O)O)CCCN1C(=O)c1ccc(-c2noc(C(F)(F)F)n2)cc1. The molecule has 1 aliphatic heterocycles. The van der Waals surface area contributed by atoms with Crippen LogP contribution in [0.15, 0.2) is 28.8 Å². The lowest BCUT2D eigenvalue weighted by Gasteiger charge is -2.31. The number of alkyl halides is 3. The number of carboxylic acid groups (broad SMARTS) is 1. The molecule has 1 fully saturated rings. The van der Waals surface area contributed by atoms with Gasteiger partial charge in [-0.2, -0.15) is 18.2 Å². The van der Waals surface area contributed by atoms with E-state index >= 15 is 0 Å². The van der Waals surface area contributed by atoms with E-state index < -0.39 is 29.5 Å². The van der Waals surface area contributed by atoms with E-state index in [0.717, 1.165) is 0 Å². The summed E-state index contributed by atoms with van der Waals surface area (Å²) in [4.78, 5) is 28.7. The predicted molar refractivity (Wildman–Crippen MR) is 81.0 cm³/mol. The van der Waals surface area contributed by atoms with Crippen LogP contribution in [0.1, 0.15) is 36.0 Å². The molecule has 138 valence electrons. The van der Waals surface area contributed by atoms with Gasteiger partial charge in [0.2, 0.25) is 5.82 Å². The van der Waals surface area contributed by atoms with Gasteiger partial charge < -0.3 is 14.5 Å². The maximum Gasteiger partial charge on any atom is 0.471 e. The van der Waals surface area contributed by atoms with Crippen LogP contribution in [0.3, 0.4) is 0 Å². The van der Waals surface area contributed by atoms with Gasteiger partial charge in [-0.1, -0.05) is 17.3 Å². The van der Waals surface area contributed by atoms with Gasteiger partial charge in [0.25, 0.3) is 5.91 Å². The number of carboxylic acids is 1. The number of benzene rings is 1. The summed E-state index contributed by atoms with van der Waals surface area (Å²) in [5.74, 6) is -3.25. The lowest BCUT2D eigenvalue weighted by molar-refractivity contribution is -0.159. The number of nitrogens with zero attached hydrogens (tertiary/aromatic N) is 3. The van der Waals surface area contributed by atoms with E-state index in [1.54, 1.807) is 0 Å². The Morgan fingerprint density at radius 1 is 1.27 bits per heavy atom. The second-order valence-electron chi connectivity index (χ2n) is 6.14. The Labute approximate surface area is 145 Å². The van der Waals surface area contributed by atoms with E-state index in [2.05, 4.69) is 14.7 Å². The van der Waals surface area contributed by atoms with Crippen molar-refractivity contribution >= 4 is 11.9 Å². The maximum atomic E-state index is 12.6. The molecule has 1 aliphatic rings. The van der Waals surface area contributed by atoms with Crippen LogP contribution in [0.25, 0.3) is 11.4 Å². The highest BCUT2D eigenvalue weighted by molar-refractivity contribution is 5.98. The Hall–Kier alpha value is -2.91. The number of halogens is 3. The monoisotopic (exact) mass is 369 g/mol. The Kier molecular flexibility index (Phi) is 4.21. The van der Waals surface area contributed by atoms with E-state index in [-0.39, 0.29) is 17.0 Å². The molecule has 7 nitrogen and oxygen atoms in total. The van der Waals surface area contributed by atoms with Crippen molar-refractivity contribution in [3.63, 3.8) is 0 Å². The largest absolute Gasteiger partial charge is 0.480 e. The molecule has 1 unspecified atom stereocenters. The van der Waals surface area contributed by atoms with Crippen molar-refractivity contribution in [3.05, 3.63) is 35.7 Å². The van der Waals surface area contributed by atoms with Gasteiger partial charge in [0.05, 0.1) is 0 Å². The van der Waals surface area contributed by atoms with Crippen molar-refractivity contribution in [2.45, 2.75) is 31.5 Å². The third kappa shape index (κ3) is 3.02. The lowest BCUT2D eigenvalue weighted by Crippen LogP contribution is -2.50. The number of rotatable bonds is 3. The molecule has 1 atom stereocenters. The van der Waals surface area contributed by atoms with Crippen LogP contribution >= 0.6 is 0 Å². The standard InChI is InChI=1S/C16H14F3N3O4/c1-15(14(24)25)7-2-8-22(15)12(23)10-5-3-9(4-6-10)11-20-13(26-21-11)16(17,18)19/h3-6H,2,7-8H2,1H3,(H,24,25). The fraction of sp³-hybridized carbons (Fsp3) is 0.375. The lowest BCUT2D eigenvalue weighted by atomic mass is 9.98. The highest BCUT2D eigenvalue weighted by atomic mass is 19.4. The Morgan fingerprint density at radius 3 is 2.46 bits per heavy atom. The van der Waals surface area contributed by atoms with E-state index in [1.807, 2.05) is 0 Å². The summed E-state index contributed by atoms with van der Waals surface area (Å²) in [6, 6.07) is 5.54. The molecule has 1 amide bonds. The molecule has 2 heterocycles. The van der Waals surface area contributed by atoms with Gasteiger partial charge in [-0.15, -0.1) is 0 Å². The van der Waals surface area contributed by atoms with Gasteiger partial charge in [0.1, 0.15) is 5.54 Å². The first-order valence-corrected chi connectivity index (χ1v) is 7.69. The molecule has 10 heteroatoms. The average Bonchev–Trinajstić information content (AvgIpc) is 3.22. The summed E-state index contributed by atoms with van der Waals surface area (Å²) in [6.45, 7) is 1.82. The van der Waals surface area contributed by atoms with Gasteiger partial charge in [0, 0.05) is 17.7 Å². The molecule has 1 saturated heterocycles. The van der Waals surface area contributed by atoms with Crippen molar-refractivity contribution in [2.24, 2.45) is 0 Å². The van der Waals surface area contributed by atoms with Crippen LogP contribution in [0.2, 0.25) is 0 Å². The highest BCUT2D eigenvalue weighted by Crippen LogP contribution is 2.32. The van der Waals surface area contributed by atoms with Gasteiger partial charge in [0.15, 0.2) is 0 Å². The van der Waals surface area contributed by atoms with Crippen molar-refractivity contribution in [2.75, 3.05) is 6.54 Å². The summed E-state index contributed by atoms with van der Waals surface area (Å²) in [5.41, 5.74) is -0.809. The number of amides is 1. The van der Waals surface area contributed by atoms with E-state index in [9.17, 15) is 27.9 Å². The molecular weight excluding hydrogens is 355 g/mol. The summed E-state index contributed by atoms with van der Waals surface area (Å²) >= 11 is 0. The first-order valence-electron chi connectivity index (χ1n) is 7.69. The molecule has 0 radical (unpaired) electrons. The van der Waals surface area contributed by atoms with Crippen LogP contribution in [0.4, 0.5) is 13.2 Å². The maximum absolute atomic E-state index is 12.6. The molecule has 0 aliphatic carbocycles. The highest BCUT2D eigenvalue weighted by Gasteiger charge is 2.46.